The van der Waals surface area contributed by atoms with Crippen LogP contribution >= 0.6 is 11.3 Å². The highest BCUT2D eigenvalue weighted by molar-refractivity contribution is 7.15. The van der Waals surface area contributed by atoms with E-state index in [1.165, 1.54) is 44.5 Å². The number of hydrogen-bond acceptors (Lipinski definition) is 5. The van der Waals surface area contributed by atoms with E-state index in [1.807, 2.05) is 0 Å². The Morgan fingerprint density at radius 2 is 2.00 bits per heavy atom. The molecule has 3 rings (SSSR count). The standard InChI is InChI=1S/C14H23N3OS/c1-16-7-5-11(6-8-16)17(2)14-15-13(10-3-4-10)12(9-18)19-14/h10-11,18H,3-9H2,1-2H3. The van der Waals surface area contributed by atoms with Crippen LogP contribution in [-0.2, 0) is 6.61 Å². The van der Waals surface area contributed by atoms with Crippen LogP contribution in [0.25, 0.3) is 0 Å². The summed E-state index contributed by atoms with van der Waals surface area (Å²) >= 11 is 1.68. The zero-order valence-electron chi connectivity index (χ0n) is 11.8. The summed E-state index contributed by atoms with van der Waals surface area (Å²) in [5.74, 6) is 0.623. The molecule has 1 aliphatic carbocycles. The van der Waals surface area contributed by atoms with Crippen molar-refractivity contribution in [3.05, 3.63) is 10.6 Å². The van der Waals surface area contributed by atoms with Gasteiger partial charge in [0.2, 0.25) is 0 Å². The topological polar surface area (TPSA) is 39.6 Å². The average Bonchev–Trinajstić information content (AvgIpc) is 3.18. The van der Waals surface area contributed by atoms with Gasteiger partial charge in [-0.05, 0) is 45.8 Å². The summed E-state index contributed by atoms with van der Waals surface area (Å²) < 4.78 is 0. The van der Waals surface area contributed by atoms with E-state index < -0.39 is 0 Å². The number of likely N-dealkylation sites (tertiary alicyclic amines) is 1. The normalized spacial score (nSPS) is 21.8. The molecule has 4 nitrogen and oxygen atoms in total. The molecular formula is C14H23N3OS. The Kier molecular flexibility index (Phi) is 3.78. The molecule has 1 aromatic rings. The number of hydrogen-bond donors (Lipinski definition) is 1. The van der Waals surface area contributed by atoms with Gasteiger partial charge in [-0.1, -0.05) is 11.3 Å². The summed E-state index contributed by atoms with van der Waals surface area (Å²) in [6.45, 7) is 2.48. The number of aliphatic hydroxyl groups excluding tert-OH is 1. The van der Waals surface area contributed by atoms with Gasteiger partial charge in [-0.15, -0.1) is 0 Å². The molecule has 1 saturated carbocycles. The third-order valence-corrected chi connectivity index (χ3v) is 5.51. The molecule has 0 unspecified atom stereocenters. The molecule has 0 radical (unpaired) electrons. The zero-order valence-corrected chi connectivity index (χ0v) is 12.6. The molecule has 19 heavy (non-hydrogen) atoms. The van der Waals surface area contributed by atoms with Gasteiger partial charge in [-0.2, -0.15) is 0 Å². The summed E-state index contributed by atoms with van der Waals surface area (Å²) in [7, 11) is 4.35. The average molecular weight is 281 g/mol. The van der Waals surface area contributed by atoms with Crippen LogP contribution in [0.4, 0.5) is 5.13 Å². The highest BCUT2D eigenvalue weighted by Crippen LogP contribution is 2.44. The first-order valence-corrected chi connectivity index (χ1v) is 8.02. The first-order valence-electron chi connectivity index (χ1n) is 7.21. The fraction of sp³-hybridized carbons (Fsp3) is 0.786. The lowest BCUT2D eigenvalue weighted by molar-refractivity contribution is 0.253. The van der Waals surface area contributed by atoms with Gasteiger partial charge in [0.15, 0.2) is 5.13 Å². The molecule has 5 heteroatoms. The lowest BCUT2D eigenvalue weighted by atomic mass is 10.0. The SMILES string of the molecule is CN1CCC(N(C)c2nc(C3CC3)c(CO)s2)CC1. The van der Waals surface area contributed by atoms with E-state index in [1.54, 1.807) is 11.3 Å². The Balaban J connectivity index is 1.73. The van der Waals surface area contributed by atoms with Gasteiger partial charge in [-0.3, -0.25) is 0 Å². The Morgan fingerprint density at radius 3 is 2.58 bits per heavy atom. The van der Waals surface area contributed by atoms with Crippen LogP contribution in [0.3, 0.4) is 0 Å². The van der Waals surface area contributed by atoms with Gasteiger partial charge in [0.1, 0.15) is 0 Å². The van der Waals surface area contributed by atoms with E-state index in [4.69, 9.17) is 4.98 Å². The van der Waals surface area contributed by atoms with E-state index >= 15 is 0 Å². The second-order valence-electron chi connectivity index (χ2n) is 5.88. The minimum absolute atomic E-state index is 0.144. The maximum Gasteiger partial charge on any atom is 0.185 e. The minimum atomic E-state index is 0.144. The van der Waals surface area contributed by atoms with Crippen molar-refractivity contribution in [2.75, 3.05) is 32.1 Å². The lowest BCUT2D eigenvalue weighted by Crippen LogP contribution is -2.41. The van der Waals surface area contributed by atoms with Crippen molar-refractivity contribution in [2.24, 2.45) is 0 Å². The number of thiazole rings is 1. The molecule has 0 spiro atoms. The van der Waals surface area contributed by atoms with Crippen LogP contribution in [0.2, 0.25) is 0 Å². The van der Waals surface area contributed by atoms with Crippen molar-refractivity contribution in [1.82, 2.24) is 9.88 Å². The fourth-order valence-corrected chi connectivity index (χ4v) is 3.87. The molecular weight excluding hydrogens is 258 g/mol. The van der Waals surface area contributed by atoms with Gasteiger partial charge < -0.3 is 14.9 Å². The summed E-state index contributed by atoms with van der Waals surface area (Å²) in [6, 6.07) is 0.598. The highest BCUT2D eigenvalue weighted by Gasteiger charge is 2.31. The number of nitrogens with zero attached hydrogens (tertiary/aromatic N) is 3. The lowest BCUT2D eigenvalue weighted by Gasteiger charge is -2.34. The quantitative estimate of drug-likeness (QED) is 0.917. The van der Waals surface area contributed by atoms with Crippen molar-refractivity contribution >= 4 is 16.5 Å². The van der Waals surface area contributed by atoms with Gasteiger partial charge in [0.05, 0.1) is 17.2 Å². The summed E-state index contributed by atoms with van der Waals surface area (Å²) in [6.07, 6.45) is 4.90. The summed E-state index contributed by atoms with van der Waals surface area (Å²) in [5.41, 5.74) is 1.17. The Hall–Kier alpha value is -0.650. The highest BCUT2D eigenvalue weighted by atomic mass is 32.1. The van der Waals surface area contributed by atoms with Crippen LogP contribution < -0.4 is 4.90 Å². The number of aliphatic hydroxyl groups is 1. The van der Waals surface area contributed by atoms with Crippen LogP contribution in [-0.4, -0.2) is 48.2 Å². The molecule has 1 aliphatic heterocycles. The Morgan fingerprint density at radius 1 is 1.32 bits per heavy atom. The van der Waals surface area contributed by atoms with Crippen molar-refractivity contribution in [2.45, 2.75) is 44.2 Å². The number of rotatable bonds is 4. The molecule has 2 heterocycles. The minimum Gasteiger partial charge on any atom is -0.391 e. The van der Waals surface area contributed by atoms with Crippen LogP contribution in [0, 0.1) is 0 Å². The van der Waals surface area contributed by atoms with Crippen molar-refractivity contribution in [3.8, 4) is 0 Å². The maximum atomic E-state index is 9.48. The van der Waals surface area contributed by atoms with E-state index in [-0.39, 0.29) is 6.61 Å². The first kappa shape index (κ1) is 13.3. The second kappa shape index (κ2) is 5.38. The monoisotopic (exact) mass is 281 g/mol. The third-order valence-electron chi connectivity index (χ3n) is 4.36. The molecule has 1 saturated heterocycles. The summed E-state index contributed by atoms with van der Waals surface area (Å²) in [4.78, 5) is 10.6. The largest absolute Gasteiger partial charge is 0.391 e. The van der Waals surface area contributed by atoms with Crippen LogP contribution in [0.5, 0.6) is 0 Å². The third kappa shape index (κ3) is 2.78. The molecule has 0 amide bonds. The van der Waals surface area contributed by atoms with Crippen molar-refractivity contribution in [1.29, 1.82) is 0 Å². The Labute approximate surface area is 119 Å². The molecule has 1 N–H and O–H groups in total. The number of aromatic nitrogens is 1. The molecule has 0 aromatic carbocycles. The van der Waals surface area contributed by atoms with Gasteiger partial charge in [0, 0.05) is 19.0 Å². The van der Waals surface area contributed by atoms with Gasteiger partial charge in [-0.25, -0.2) is 4.98 Å². The number of anilines is 1. The van der Waals surface area contributed by atoms with Crippen molar-refractivity contribution < 1.29 is 5.11 Å². The van der Waals surface area contributed by atoms with Gasteiger partial charge in [0.25, 0.3) is 0 Å². The fourth-order valence-electron chi connectivity index (χ4n) is 2.83. The molecule has 106 valence electrons. The predicted octanol–water partition coefficient (Wildman–Crippen LogP) is 2.04. The molecule has 1 aromatic heterocycles. The van der Waals surface area contributed by atoms with Crippen molar-refractivity contribution in [3.63, 3.8) is 0 Å². The van der Waals surface area contributed by atoms with Crippen LogP contribution in [0.1, 0.15) is 42.2 Å². The summed E-state index contributed by atoms with van der Waals surface area (Å²) in [5, 5.41) is 10.6. The predicted molar refractivity (Wildman–Crippen MR) is 78.9 cm³/mol. The maximum absolute atomic E-state index is 9.48. The van der Waals surface area contributed by atoms with E-state index in [0.29, 0.717) is 12.0 Å². The Bertz CT molecular complexity index is 436. The number of piperidine rings is 1. The second-order valence-corrected chi connectivity index (χ2v) is 6.94. The van der Waals surface area contributed by atoms with Gasteiger partial charge >= 0.3 is 0 Å². The van der Waals surface area contributed by atoms with Crippen LogP contribution in [0.15, 0.2) is 0 Å². The van der Waals surface area contributed by atoms with E-state index in [2.05, 4.69) is 23.9 Å². The smallest absolute Gasteiger partial charge is 0.185 e. The first-order chi connectivity index (χ1) is 9.19. The molecule has 0 atom stereocenters. The zero-order chi connectivity index (χ0) is 13.4. The molecule has 2 aliphatic rings. The molecule has 0 bridgehead atoms. The molecule has 2 fully saturated rings. The van der Waals surface area contributed by atoms with E-state index in [0.717, 1.165) is 10.0 Å². The van der Waals surface area contributed by atoms with E-state index in [9.17, 15) is 5.11 Å².